The molecule has 0 aromatic rings. The average Bonchev–Trinajstić information content (AvgIpc) is 3.21. The van der Waals surface area contributed by atoms with Gasteiger partial charge in [0, 0.05) is 19.3 Å². The van der Waals surface area contributed by atoms with E-state index in [0.29, 0.717) is 19.3 Å². The molecule has 0 aliphatic carbocycles. The third-order valence-corrected chi connectivity index (χ3v) is 10.0. The van der Waals surface area contributed by atoms with Crippen molar-refractivity contribution < 1.29 is 28.6 Å². The summed E-state index contributed by atoms with van der Waals surface area (Å²) >= 11 is 0. The minimum Gasteiger partial charge on any atom is -0.462 e. The summed E-state index contributed by atoms with van der Waals surface area (Å²) in [6.07, 6.45) is 55.0. The first-order chi connectivity index (χ1) is 28.0. The topological polar surface area (TPSA) is 78.9 Å². The monoisotopic (exact) mass is 797 g/mol. The van der Waals surface area contributed by atoms with Gasteiger partial charge in [-0.05, 0) is 70.6 Å². The minimum absolute atomic E-state index is 0.104. The molecule has 0 bridgehead atoms. The minimum atomic E-state index is -0.811. The van der Waals surface area contributed by atoms with E-state index >= 15 is 0 Å². The van der Waals surface area contributed by atoms with E-state index in [1.165, 1.54) is 109 Å². The second kappa shape index (κ2) is 45.8. The van der Waals surface area contributed by atoms with Crippen LogP contribution in [0.4, 0.5) is 0 Å². The Hall–Kier alpha value is -2.89. The normalized spacial score (nSPS) is 12.5. The predicted octanol–water partition coefficient (Wildman–Crippen LogP) is 15.3. The Bertz CT molecular complexity index is 1050. The van der Waals surface area contributed by atoms with E-state index in [4.69, 9.17) is 14.2 Å². The molecule has 0 aliphatic rings. The number of hydrogen-bond acceptors (Lipinski definition) is 6. The average molecular weight is 797 g/mol. The van der Waals surface area contributed by atoms with Gasteiger partial charge in [0.25, 0.3) is 0 Å². The SMILES string of the molecule is CC/C=C\C/C=C\C/C=C\C/C=C\CCC(=O)OC(COC(=O)CCCCCCC/C=C\CCCCCCCC)COC(=O)CCCCCCCCCCCCC. The molecule has 6 nitrogen and oxygen atoms in total. The predicted molar refractivity (Wildman–Crippen MR) is 242 cm³/mol. The van der Waals surface area contributed by atoms with Gasteiger partial charge in [-0.15, -0.1) is 0 Å². The fraction of sp³-hybridized carbons (Fsp3) is 0.745. The van der Waals surface area contributed by atoms with Gasteiger partial charge in [0.15, 0.2) is 6.10 Å². The van der Waals surface area contributed by atoms with E-state index in [9.17, 15) is 14.4 Å². The van der Waals surface area contributed by atoms with Crippen LogP contribution >= 0.6 is 0 Å². The Morgan fingerprint density at radius 2 is 0.719 bits per heavy atom. The second-order valence-electron chi connectivity index (χ2n) is 15.6. The molecule has 0 radical (unpaired) electrons. The Morgan fingerprint density at radius 3 is 1.14 bits per heavy atom. The van der Waals surface area contributed by atoms with E-state index in [0.717, 1.165) is 70.6 Å². The Morgan fingerprint density at radius 1 is 0.368 bits per heavy atom. The number of carbonyl (C=O) groups excluding carboxylic acids is 3. The molecule has 0 fully saturated rings. The largest absolute Gasteiger partial charge is 0.462 e. The summed E-state index contributed by atoms with van der Waals surface area (Å²) in [5.41, 5.74) is 0. The lowest BCUT2D eigenvalue weighted by molar-refractivity contribution is -0.166. The van der Waals surface area contributed by atoms with Crippen molar-refractivity contribution in [1.82, 2.24) is 0 Å². The highest BCUT2D eigenvalue weighted by molar-refractivity contribution is 5.71. The highest BCUT2D eigenvalue weighted by atomic mass is 16.6. The van der Waals surface area contributed by atoms with E-state index < -0.39 is 12.1 Å². The summed E-state index contributed by atoms with van der Waals surface area (Å²) in [5, 5.41) is 0. The molecule has 0 saturated carbocycles. The maximum atomic E-state index is 12.7. The summed E-state index contributed by atoms with van der Waals surface area (Å²) in [6.45, 7) is 6.43. The van der Waals surface area contributed by atoms with Gasteiger partial charge >= 0.3 is 17.9 Å². The zero-order chi connectivity index (χ0) is 41.5. The first-order valence-corrected chi connectivity index (χ1v) is 23.8. The lowest BCUT2D eigenvalue weighted by Gasteiger charge is -2.18. The van der Waals surface area contributed by atoms with Crippen molar-refractivity contribution in [3.63, 3.8) is 0 Å². The van der Waals surface area contributed by atoms with Crippen molar-refractivity contribution in [2.45, 2.75) is 232 Å². The molecule has 0 saturated heterocycles. The van der Waals surface area contributed by atoms with Crippen molar-refractivity contribution >= 4 is 17.9 Å². The van der Waals surface area contributed by atoms with Crippen LogP contribution in [0, 0.1) is 0 Å². The Kier molecular flexibility index (Phi) is 43.5. The molecule has 1 atom stereocenters. The molecule has 0 rings (SSSR count). The van der Waals surface area contributed by atoms with Gasteiger partial charge in [-0.3, -0.25) is 14.4 Å². The molecule has 57 heavy (non-hydrogen) atoms. The lowest BCUT2D eigenvalue weighted by atomic mass is 10.1. The molecule has 0 amide bonds. The third kappa shape index (κ3) is 44.1. The van der Waals surface area contributed by atoms with Crippen molar-refractivity contribution in [1.29, 1.82) is 0 Å². The van der Waals surface area contributed by atoms with Crippen LogP contribution in [-0.2, 0) is 28.6 Å². The fourth-order valence-corrected chi connectivity index (χ4v) is 6.45. The van der Waals surface area contributed by atoms with Crippen LogP contribution < -0.4 is 0 Å². The molecule has 6 heteroatoms. The van der Waals surface area contributed by atoms with Crippen LogP contribution in [0.15, 0.2) is 60.8 Å². The number of rotatable bonds is 42. The van der Waals surface area contributed by atoms with Crippen LogP contribution in [0.3, 0.4) is 0 Å². The molecule has 0 N–H and O–H groups in total. The van der Waals surface area contributed by atoms with Crippen molar-refractivity contribution in [2.75, 3.05) is 13.2 Å². The third-order valence-electron chi connectivity index (χ3n) is 10.0. The van der Waals surface area contributed by atoms with Gasteiger partial charge in [0.2, 0.25) is 0 Å². The molecular formula is C51H88O6. The zero-order valence-electron chi connectivity index (χ0n) is 37.3. The van der Waals surface area contributed by atoms with Gasteiger partial charge in [0.05, 0.1) is 0 Å². The number of unbranched alkanes of at least 4 members (excludes halogenated alkanes) is 21. The quantitative estimate of drug-likeness (QED) is 0.0265. The first kappa shape index (κ1) is 54.1. The smallest absolute Gasteiger partial charge is 0.306 e. The van der Waals surface area contributed by atoms with Crippen LogP contribution in [0.1, 0.15) is 226 Å². The van der Waals surface area contributed by atoms with E-state index in [2.05, 4.69) is 69.4 Å². The lowest BCUT2D eigenvalue weighted by Crippen LogP contribution is -2.30. The molecular weight excluding hydrogens is 709 g/mol. The highest BCUT2D eigenvalue weighted by Crippen LogP contribution is 2.14. The van der Waals surface area contributed by atoms with Gasteiger partial charge in [-0.1, -0.05) is 197 Å². The molecule has 0 spiro atoms. The van der Waals surface area contributed by atoms with Crippen molar-refractivity contribution in [3.8, 4) is 0 Å². The second-order valence-corrected chi connectivity index (χ2v) is 15.6. The van der Waals surface area contributed by atoms with E-state index in [-0.39, 0.29) is 31.6 Å². The summed E-state index contributed by atoms with van der Waals surface area (Å²) in [5.74, 6) is -0.996. The molecule has 0 aromatic carbocycles. The zero-order valence-corrected chi connectivity index (χ0v) is 37.3. The fourth-order valence-electron chi connectivity index (χ4n) is 6.45. The number of esters is 3. The van der Waals surface area contributed by atoms with Crippen molar-refractivity contribution in [3.05, 3.63) is 60.8 Å². The summed E-state index contributed by atoms with van der Waals surface area (Å²) < 4.78 is 16.6. The van der Waals surface area contributed by atoms with Crippen LogP contribution in [0.2, 0.25) is 0 Å². The molecule has 1 unspecified atom stereocenters. The molecule has 0 heterocycles. The number of carbonyl (C=O) groups is 3. The standard InChI is InChI=1S/C51H88O6/c1-4-7-10-13-16-19-22-24-25-27-29-32-35-38-41-44-50(53)56-47-48(46-55-49(52)43-40-37-34-31-28-21-18-15-12-9-6-3)57-51(54)45-42-39-36-33-30-26-23-20-17-14-11-8-5-2/h8,11,17,20,24-26,30,36,39,48H,4-7,9-10,12-16,18-19,21-23,27-29,31-35,37-38,40-47H2,1-3H3/b11-8-,20-17-,25-24-,30-26-,39-36-. The van der Waals surface area contributed by atoms with Crippen LogP contribution in [-0.4, -0.2) is 37.2 Å². The van der Waals surface area contributed by atoms with E-state index in [1.54, 1.807) is 0 Å². The molecule has 0 aromatic heterocycles. The van der Waals surface area contributed by atoms with Gasteiger partial charge < -0.3 is 14.2 Å². The Labute approximate surface area is 351 Å². The van der Waals surface area contributed by atoms with Gasteiger partial charge in [-0.25, -0.2) is 0 Å². The maximum Gasteiger partial charge on any atom is 0.306 e. The maximum absolute atomic E-state index is 12.7. The first-order valence-electron chi connectivity index (χ1n) is 23.8. The van der Waals surface area contributed by atoms with Crippen LogP contribution in [0.25, 0.3) is 0 Å². The van der Waals surface area contributed by atoms with E-state index in [1.807, 2.05) is 12.2 Å². The molecule has 328 valence electrons. The number of allylic oxidation sites excluding steroid dienone is 10. The molecule has 0 aliphatic heterocycles. The van der Waals surface area contributed by atoms with Gasteiger partial charge in [0.1, 0.15) is 13.2 Å². The van der Waals surface area contributed by atoms with Crippen molar-refractivity contribution in [2.24, 2.45) is 0 Å². The van der Waals surface area contributed by atoms with Gasteiger partial charge in [-0.2, -0.15) is 0 Å². The summed E-state index contributed by atoms with van der Waals surface area (Å²) in [6, 6.07) is 0. The number of ether oxygens (including phenoxy) is 3. The van der Waals surface area contributed by atoms with Crippen LogP contribution in [0.5, 0.6) is 0 Å². The summed E-state index contributed by atoms with van der Waals surface area (Å²) in [7, 11) is 0. The highest BCUT2D eigenvalue weighted by Gasteiger charge is 2.19. The summed E-state index contributed by atoms with van der Waals surface area (Å²) in [4.78, 5) is 37.7. The Balaban J connectivity index is 4.47. The number of hydrogen-bond donors (Lipinski definition) is 0.